The van der Waals surface area contributed by atoms with Gasteiger partial charge in [0.15, 0.2) is 0 Å². The Kier molecular flexibility index (Phi) is 78.0. The van der Waals surface area contributed by atoms with Crippen molar-refractivity contribution in [3.05, 3.63) is 0 Å². The molecule has 6 unspecified atom stereocenters. The highest BCUT2D eigenvalue weighted by atomic mass is 31.2. The SMILES string of the molecule is CCCCCCCCCCCCCCNC(COCCC(CCCCCCC)OC(=O)CCCCCCCCCCC)COP(=O)(O)OCCNC(=O)NCCOP(=O)(O)OCC(COCCC(CCCCCCC)OC(=O)CCCCCCCCCCC)NCCCCCCCCCCCCCC. The summed E-state index contributed by atoms with van der Waals surface area (Å²) in [5.41, 5.74) is 0. The average Bonchev–Trinajstić information content (AvgIpc) is 0.988. The second kappa shape index (κ2) is 79.4. The van der Waals surface area contributed by atoms with Gasteiger partial charge in [-0.25, -0.2) is 13.9 Å². The maximum absolute atomic E-state index is 13.2. The molecule has 0 aromatic rings. The molecule has 0 aromatic heterocycles. The van der Waals surface area contributed by atoms with Crippen LogP contribution in [0.25, 0.3) is 0 Å². The minimum Gasteiger partial charge on any atom is -0.462 e. The number of ether oxygens (including phenoxy) is 4. The number of unbranched alkanes of at least 4 members (excludes halogenated alkanes) is 46. The minimum absolute atomic E-state index is 0.130. The molecule has 19 nitrogen and oxygen atoms in total. The van der Waals surface area contributed by atoms with Gasteiger partial charge in [0.25, 0.3) is 0 Å². The van der Waals surface area contributed by atoms with Gasteiger partial charge in [-0.3, -0.25) is 27.7 Å². The summed E-state index contributed by atoms with van der Waals surface area (Å²) in [5, 5.41) is 12.1. The molecule has 6 N–H and O–H groups in total. The van der Waals surface area contributed by atoms with E-state index in [9.17, 15) is 33.3 Å². The Labute approximate surface area is 639 Å². The third kappa shape index (κ3) is 75.7. The lowest BCUT2D eigenvalue weighted by Gasteiger charge is -2.22. The second-order valence-electron chi connectivity index (χ2n) is 30.0. The van der Waals surface area contributed by atoms with E-state index in [4.69, 9.17) is 37.0 Å². The standard InChI is InChI=1S/C83H168N4O15P2/c1-7-13-19-25-29-33-35-37-41-45-51-57-65-84-77(73-95-69-63-79(59-53-47-23-17-11-5)101-81(88)61-55-49-43-39-31-27-21-15-9-3)75-99-103(91,92)97-71-67-86-83(90)87-68-72-98-104(93,94)100-76-78(85-66-58-52-46-42-38-36-34-30-26-20-14-8-2)74-96-70-64-80(60-54-48-24-18-12-6)102-82(89)62-56-50-44-40-32-28-22-16-10-4/h77-80,84-85H,7-76H2,1-6H3,(H,91,92)(H,93,94)(H2,86,87,90). The van der Waals surface area contributed by atoms with E-state index in [0.29, 0.717) is 52.0 Å². The van der Waals surface area contributed by atoms with Crippen LogP contribution in [-0.2, 0) is 55.8 Å². The Morgan fingerprint density at radius 3 is 0.817 bits per heavy atom. The normalized spacial score (nSPS) is 14.1. The zero-order valence-corrected chi connectivity index (χ0v) is 70.2. The molecule has 0 aliphatic rings. The molecule has 0 radical (unpaired) electrons. The number of hydrogen-bond donors (Lipinski definition) is 6. The summed E-state index contributed by atoms with van der Waals surface area (Å²) in [6.45, 7) is 14.7. The molecule has 0 saturated carbocycles. The molecule has 0 aliphatic heterocycles. The summed E-state index contributed by atoms with van der Waals surface area (Å²) in [5.74, 6) is -0.280. The van der Waals surface area contributed by atoms with Gasteiger partial charge in [-0.15, -0.1) is 0 Å². The number of esters is 2. The van der Waals surface area contributed by atoms with Crippen LogP contribution in [0.5, 0.6) is 0 Å². The van der Waals surface area contributed by atoms with Crippen LogP contribution < -0.4 is 21.3 Å². The van der Waals surface area contributed by atoms with Crippen molar-refractivity contribution in [1.82, 2.24) is 21.3 Å². The fourth-order valence-corrected chi connectivity index (χ4v) is 14.6. The fourth-order valence-electron chi connectivity index (χ4n) is 13.0. The van der Waals surface area contributed by atoms with Gasteiger partial charge < -0.3 is 50.0 Å². The molecule has 0 saturated heterocycles. The van der Waals surface area contributed by atoms with Gasteiger partial charge >= 0.3 is 33.6 Å². The van der Waals surface area contributed by atoms with Crippen molar-refractivity contribution in [1.29, 1.82) is 0 Å². The predicted molar refractivity (Wildman–Crippen MR) is 432 cm³/mol. The van der Waals surface area contributed by atoms with Crippen LogP contribution in [-0.4, -0.2) is 131 Å². The molecule has 2 amide bonds. The van der Waals surface area contributed by atoms with Gasteiger partial charge in [-0.05, 0) is 64.5 Å². The van der Waals surface area contributed by atoms with Gasteiger partial charge in [-0.2, -0.15) is 0 Å². The number of hydrogen-bond acceptors (Lipinski definition) is 15. The molecule has 620 valence electrons. The number of rotatable bonds is 86. The highest BCUT2D eigenvalue weighted by Crippen LogP contribution is 2.44. The Bertz CT molecular complexity index is 1800. The fraction of sp³-hybridized carbons (Fsp3) is 0.964. The third-order valence-electron chi connectivity index (χ3n) is 19.7. The summed E-state index contributed by atoms with van der Waals surface area (Å²) in [6.07, 6.45) is 65.4. The smallest absolute Gasteiger partial charge is 0.462 e. The van der Waals surface area contributed by atoms with Gasteiger partial charge in [0.1, 0.15) is 12.2 Å². The first-order chi connectivity index (χ1) is 50.7. The molecule has 0 bridgehead atoms. The monoisotopic (exact) mass is 1520 g/mol. The number of nitrogens with one attached hydrogen (secondary N) is 4. The number of carbonyl (C=O) groups is 3. The van der Waals surface area contributed by atoms with Crippen LogP contribution in [0.3, 0.4) is 0 Å². The summed E-state index contributed by atoms with van der Waals surface area (Å²) >= 11 is 0. The summed E-state index contributed by atoms with van der Waals surface area (Å²) < 4.78 is 72.4. The van der Waals surface area contributed by atoms with Crippen LogP contribution in [0.4, 0.5) is 4.79 Å². The van der Waals surface area contributed by atoms with Crippen LogP contribution >= 0.6 is 15.6 Å². The van der Waals surface area contributed by atoms with Gasteiger partial charge in [0.05, 0.1) is 64.9 Å². The van der Waals surface area contributed by atoms with E-state index < -0.39 is 33.8 Å². The number of phosphoric acid groups is 2. The molecule has 0 aromatic carbocycles. The predicted octanol–water partition coefficient (Wildman–Crippen LogP) is 23.1. The zero-order valence-electron chi connectivity index (χ0n) is 68.4. The molecule has 0 fully saturated rings. The van der Waals surface area contributed by atoms with Gasteiger partial charge in [-0.1, -0.05) is 337 Å². The van der Waals surface area contributed by atoms with E-state index in [1.807, 2.05) is 0 Å². The molecule has 0 rings (SSSR count). The Balaban J connectivity index is 5.42. The van der Waals surface area contributed by atoms with Crippen LogP contribution in [0, 0.1) is 0 Å². The maximum Gasteiger partial charge on any atom is 0.472 e. The Hall–Kier alpha value is -1.73. The highest BCUT2D eigenvalue weighted by Gasteiger charge is 2.26. The number of urea groups is 1. The van der Waals surface area contributed by atoms with Crippen molar-refractivity contribution in [3.8, 4) is 0 Å². The van der Waals surface area contributed by atoms with Crippen molar-refractivity contribution in [2.45, 2.75) is 438 Å². The summed E-state index contributed by atoms with van der Waals surface area (Å²) in [6, 6.07) is -1.47. The Morgan fingerprint density at radius 1 is 0.288 bits per heavy atom. The molecular weight excluding hydrogens is 1350 g/mol. The van der Waals surface area contributed by atoms with Gasteiger partial charge in [0, 0.05) is 38.8 Å². The first-order valence-electron chi connectivity index (χ1n) is 44.0. The van der Waals surface area contributed by atoms with Crippen LogP contribution in [0.2, 0.25) is 0 Å². The molecule has 0 spiro atoms. The van der Waals surface area contributed by atoms with Crippen molar-refractivity contribution in [2.24, 2.45) is 0 Å². The van der Waals surface area contributed by atoms with Crippen molar-refractivity contribution >= 4 is 33.6 Å². The summed E-state index contributed by atoms with van der Waals surface area (Å²) in [4.78, 5) is 60.3. The average molecular weight is 1520 g/mol. The van der Waals surface area contributed by atoms with E-state index >= 15 is 0 Å². The summed E-state index contributed by atoms with van der Waals surface area (Å²) in [7, 11) is -9.10. The van der Waals surface area contributed by atoms with E-state index in [0.717, 1.165) is 141 Å². The first kappa shape index (κ1) is 102. The molecular formula is C83H168N4O15P2. The molecule has 0 aliphatic carbocycles. The molecule has 21 heteroatoms. The Morgan fingerprint density at radius 2 is 0.538 bits per heavy atom. The van der Waals surface area contributed by atoms with Crippen molar-refractivity contribution in [3.63, 3.8) is 0 Å². The van der Waals surface area contributed by atoms with Gasteiger partial charge in [0.2, 0.25) is 0 Å². The van der Waals surface area contributed by atoms with Crippen LogP contribution in [0.15, 0.2) is 0 Å². The highest BCUT2D eigenvalue weighted by molar-refractivity contribution is 7.47. The lowest BCUT2D eigenvalue weighted by atomic mass is 10.1. The first-order valence-corrected chi connectivity index (χ1v) is 47.0. The largest absolute Gasteiger partial charge is 0.472 e. The number of carbonyl (C=O) groups excluding carboxylic acids is 3. The lowest BCUT2D eigenvalue weighted by molar-refractivity contribution is -0.151. The number of amides is 2. The van der Waals surface area contributed by atoms with E-state index in [1.54, 1.807) is 0 Å². The minimum atomic E-state index is -4.55. The van der Waals surface area contributed by atoms with E-state index in [2.05, 4.69) is 62.8 Å². The topological polar surface area (TPSA) is 248 Å². The lowest BCUT2D eigenvalue weighted by Crippen LogP contribution is -2.39. The van der Waals surface area contributed by atoms with Crippen molar-refractivity contribution < 1.29 is 70.3 Å². The van der Waals surface area contributed by atoms with E-state index in [-0.39, 0.29) is 76.9 Å². The molecule has 0 heterocycles. The number of phosphoric ester groups is 2. The second-order valence-corrected chi connectivity index (χ2v) is 32.9. The molecule has 6 atom stereocenters. The quantitative estimate of drug-likeness (QED) is 0.0188. The van der Waals surface area contributed by atoms with Crippen molar-refractivity contribution in [2.75, 3.05) is 79.0 Å². The molecule has 104 heavy (non-hydrogen) atoms. The van der Waals surface area contributed by atoms with E-state index in [1.165, 1.54) is 205 Å². The third-order valence-corrected chi connectivity index (χ3v) is 21.7. The maximum atomic E-state index is 13.2. The van der Waals surface area contributed by atoms with Crippen LogP contribution in [0.1, 0.15) is 414 Å². The zero-order chi connectivity index (χ0) is 76.0.